The fourth-order valence-electron chi connectivity index (χ4n) is 3.55. The molecular formula is C25H18Cl3N3O3. The number of aromatic nitrogens is 2. The maximum atomic E-state index is 12.7. The molecule has 0 saturated carbocycles. The fraction of sp³-hybridized carbons (Fsp3) is 0.120. The Hall–Kier alpha value is -3.19. The predicted octanol–water partition coefficient (Wildman–Crippen LogP) is 5.77. The monoisotopic (exact) mass is 513 g/mol. The van der Waals surface area contributed by atoms with E-state index in [1.165, 1.54) is 19.4 Å². The third-order valence-corrected chi connectivity index (χ3v) is 6.14. The van der Waals surface area contributed by atoms with Gasteiger partial charge < -0.3 is 10.1 Å². The van der Waals surface area contributed by atoms with Crippen molar-refractivity contribution in [1.82, 2.24) is 15.3 Å². The number of amides is 1. The van der Waals surface area contributed by atoms with Gasteiger partial charge in [0.1, 0.15) is 11.2 Å². The Morgan fingerprint density at radius 3 is 2.47 bits per heavy atom. The average molecular weight is 515 g/mol. The summed E-state index contributed by atoms with van der Waals surface area (Å²) >= 11 is 18.6. The van der Waals surface area contributed by atoms with Gasteiger partial charge in [0.05, 0.1) is 33.9 Å². The van der Waals surface area contributed by atoms with Crippen molar-refractivity contribution in [3.8, 4) is 11.3 Å². The maximum absolute atomic E-state index is 12.7. The number of fused-ring (bicyclic) bond motifs is 1. The molecule has 34 heavy (non-hydrogen) atoms. The standard InChI is InChI=1S/C25H18Cl3N3O3/c1-34-25(33)21(31-24(32)16-4-3-11-29-23(16)28)13-14-7-9-19-15(12-14)8-10-20(30-19)22-17(26)5-2-6-18(22)27/h2-12,21H,13H2,1H3,(H,31,32)/t21-/m0/s1. The summed E-state index contributed by atoms with van der Waals surface area (Å²) in [5, 5.41) is 4.62. The molecule has 0 saturated heterocycles. The summed E-state index contributed by atoms with van der Waals surface area (Å²) < 4.78 is 4.89. The van der Waals surface area contributed by atoms with Crippen LogP contribution >= 0.6 is 34.8 Å². The third-order valence-electron chi connectivity index (χ3n) is 5.21. The van der Waals surface area contributed by atoms with Crippen LogP contribution in [0.4, 0.5) is 0 Å². The van der Waals surface area contributed by atoms with Gasteiger partial charge in [0.25, 0.3) is 5.91 Å². The normalized spacial score (nSPS) is 11.8. The van der Waals surface area contributed by atoms with E-state index >= 15 is 0 Å². The fourth-order valence-corrected chi connectivity index (χ4v) is 4.34. The van der Waals surface area contributed by atoms with Gasteiger partial charge in [0.15, 0.2) is 0 Å². The molecule has 0 unspecified atom stereocenters. The smallest absolute Gasteiger partial charge is 0.328 e. The first-order valence-electron chi connectivity index (χ1n) is 10.2. The molecule has 1 N–H and O–H groups in total. The van der Waals surface area contributed by atoms with Crippen molar-refractivity contribution in [2.75, 3.05) is 7.11 Å². The van der Waals surface area contributed by atoms with Gasteiger partial charge in [-0.05, 0) is 48.0 Å². The number of nitrogens with one attached hydrogen (secondary N) is 1. The van der Waals surface area contributed by atoms with E-state index in [0.717, 1.165) is 16.5 Å². The van der Waals surface area contributed by atoms with E-state index < -0.39 is 17.9 Å². The Balaban J connectivity index is 1.59. The topological polar surface area (TPSA) is 81.2 Å². The molecule has 2 aromatic carbocycles. The Labute approximate surface area is 210 Å². The average Bonchev–Trinajstić information content (AvgIpc) is 2.83. The molecule has 1 atom stereocenters. The van der Waals surface area contributed by atoms with Crippen LogP contribution in [0.2, 0.25) is 15.2 Å². The number of rotatable bonds is 6. The highest BCUT2D eigenvalue weighted by Crippen LogP contribution is 2.34. The first-order chi connectivity index (χ1) is 16.4. The van der Waals surface area contributed by atoms with Gasteiger partial charge >= 0.3 is 5.97 Å². The molecule has 2 heterocycles. The second-order valence-electron chi connectivity index (χ2n) is 7.42. The zero-order chi connectivity index (χ0) is 24.2. The molecule has 0 aliphatic rings. The molecule has 0 spiro atoms. The van der Waals surface area contributed by atoms with Crippen LogP contribution in [0.1, 0.15) is 15.9 Å². The lowest BCUT2D eigenvalue weighted by Gasteiger charge is -2.17. The summed E-state index contributed by atoms with van der Waals surface area (Å²) in [5.74, 6) is -1.09. The maximum Gasteiger partial charge on any atom is 0.328 e. The van der Waals surface area contributed by atoms with E-state index in [1.54, 1.807) is 24.3 Å². The van der Waals surface area contributed by atoms with Gasteiger partial charge in [-0.1, -0.05) is 53.0 Å². The van der Waals surface area contributed by atoms with Crippen LogP contribution in [0.15, 0.2) is 66.9 Å². The van der Waals surface area contributed by atoms with Crippen LogP contribution in [0.25, 0.3) is 22.2 Å². The van der Waals surface area contributed by atoms with Crippen molar-refractivity contribution < 1.29 is 14.3 Å². The highest BCUT2D eigenvalue weighted by Gasteiger charge is 2.24. The first kappa shape index (κ1) is 24.0. The summed E-state index contributed by atoms with van der Waals surface area (Å²) in [7, 11) is 1.27. The SMILES string of the molecule is COC(=O)[C@H](Cc1ccc2nc(-c3c(Cl)cccc3Cl)ccc2c1)NC(=O)c1cccnc1Cl. The number of halogens is 3. The number of benzene rings is 2. The number of hydrogen-bond acceptors (Lipinski definition) is 5. The minimum absolute atomic E-state index is 0.0508. The van der Waals surface area contributed by atoms with E-state index in [-0.39, 0.29) is 17.1 Å². The lowest BCUT2D eigenvalue weighted by molar-refractivity contribution is -0.142. The van der Waals surface area contributed by atoms with Gasteiger partial charge in [-0.25, -0.2) is 14.8 Å². The van der Waals surface area contributed by atoms with Crippen molar-refractivity contribution in [1.29, 1.82) is 0 Å². The molecule has 0 radical (unpaired) electrons. The van der Waals surface area contributed by atoms with Crippen molar-refractivity contribution in [2.24, 2.45) is 0 Å². The molecule has 9 heteroatoms. The molecule has 0 fully saturated rings. The van der Waals surface area contributed by atoms with Crippen molar-refractivity contribution in [3.05, 3.63) is 93.2 Å². The minimum atomic E-state index is -0.916. The molecular weight excluding hydrogens is 497 g/mol. The Morgan fingerprint density at radius 2 is 1.76 bits per heavy atom. The number of pyridine rings is 2. The van der Waals surface area contributed by atoms with E-state index in [9.17, 15) is 9.59 Å². The number of hydrogen-bond donors (Lipinski definition) is 1. The molecule has 4 rings (SSSR count). The number of carbonyl (C=O) groups is 2. The van der Waals surface area contributed by atoms with Crippen molar-refractivity contribution in [2.45, 2.75) is 12.5 Å². The van der Waals surface area contributed by atoms with Gasteiger partial charge in [-0.3, -0.25) is 4.79 Å². The first-order valence-corrected chi connectivity index (χ1v) is 11.3. The van der Waals surface area contributed by atoms with Gasteiger partial charge in [-0.2, -0.15) is 0 Å². The quantitative estimate of drug-likeness (QED) is 0.261. The minimum Gasteiger partial charge on any atom is -0.467 e. The lowest BCUT2D eigenvalue weighted by Crippen LogP contribution is -2.43. The highest BCUT2D eigenvalue weighted by molar-refractivity contribution is 6.39. The molecule has 0 bridgehead atoms. The molecule has 6 nitrogen and oxygen atoms in total. The van der Waals surface area contributed by atoms with Crippen molar-refractivity contribution in [3.63, 3.8) is 0 Å². The predicted molar refractivity (Wildman–Crippen MR) is 133 cm³/mol. The largest absolute Gasteiger partial charge is 0.467 e. The lowest BCUT2D eigenvalue weighted by atomic mass is 10.0. The molecule has 2 aromatic heterocycles. The van der Waals surface area contributed by atoms with Gasteiger partial charge in [0, 0.05) is 23.6 Å². The number of esters is 1. The second kappa shape index (κ2) is 10.4. The van der Waals surface area contributed by atoms with Crippen LogP contribution in [0, 0.1) is 0 Å². The number of nitrogens with zero attached hydrogens (tertiary/aromatic N) is 2. The summed E-state index contributed by atoms with van der Waals surface area (Å²) in [6, 6.07) is 16.8. The van der Waals surface area contributed by atoms with Crippen LogP contribution in [-0.2, 0) is 16.0 Å². The molecule has 0 aliphatic carbocycles. The molecule has 172 valence electrons. The van der Waals surface area contributed by atoms with Crippen LogP contribution in [-0.4, -0.2) is 35.0 Å². The number of methoxy groups -OCH3 is 1. The summed E-state index contributed by atoms with van der Waals surface area (Å²) in [6.07, 6.45) is 1.69. The van der Waals surface area contributed by atoms with Crippen molar-refractivity contribution >= 4 is 57.6 Å². The number of carbonyl (C=O) groups excluding carboxylic acids is 2. The highest BCUT2D eigenvalue weighted by atomic mass is 35.5. The summed E-state index contributed by atoms with van der Waals surface area (Å²) in [6.45, 7) is 0. The Bertz CT molecular complexity index is 1370. The van der Waals surface area contributed by atoms with E-state index in [2.05, 4.69) is 15.3 Å². The molecule has 0 aliphatic heterocycles. The zero-order valence-corrected chi connectivity index (χ0v) is 20.2. The second-order valence-corrected chi connectivity index (χ2v) is 8.59. The van der Waals surface area contributed by atoms with Crippen LogP contribution in [0.3, 0.4) is 0 Å². The summed E-state index contributed by atoms with van der Waals surface area (Å²) in [4.78, 5) is 33.6. The van der Waals surface area contributed by atoms with Crippen LogP contribution < -0.4 is 5.32 Å². The molecule has 4 aromatic rings. The zero-order valence-electron chi connectivity index (χ0n) is 17.9. The van der Waals surface area contributed by atoms with Gasteiger partial charge in [-0.15, -0.1) is 0 Å². The third kappa shape index (κ3) is 5.14. The Morgan fingerprint density at radius 1 is 1.00 bits per heavy atom. The number of ether oxygens (including phenoxy) is 1. The van der Waals surface area contributed by atoms with Gasteiger partial charge in [0.2, 0.25) is 0 Å². The van der Waals surface area contributed by atoms with E-state index in [4.69, 9.17) is 39.5 Å². The van der Waals surface area contributed by atoms with E-state index in [0.29, 0.717) is 21.3 Å². The summed E-state index contributed by atoms with van der Waals surface area (Å²) in [5.41, 5.74) is 3.04. The van der Waals surface area contributed by atoms with E-state index in [1.807, 2.05) is 30.3 Å². The Kier molecular flexibility index (Phi) is 7.32. The molecule has 1 amide bonds. The van der Waals surface area contributed by atoms with Crippen LogP contribution in [0.5, 0.6) is 0 Å².